The second-order valence-corrected chi connectivity index (χ2v) is 5.83. The third kappa shape index (κ3) is 4.37. The molecular formula is C15H26N4. The Hall–Kier alpha value is -1.32. The Morgan fingerprint density at radius 1 is 1.16 bits per heavy atom. The predicted octanol–water partition coefficient (Wildman–Crippen LogP) is 3.23. The zero-order chi connectivity index (χ0) is 13.7. The van der Waals surface area contributed by atoms with E-state index in [0.29, 0.717) is 5.92 Å². The SMILES string of the molecule is Cc1nc(NCC(C)C)cc(N2CCCCCC2)n1. The fraction of sp³-hybridized carbons (Fsp3) is 0.733. The highest BCUT2D eigenvalue weighted by Crippen LogP contribution is 2.20. The molecule has 1 aliphatic heterocycles. The first-order chi connectivity index (χ1) is 9.15. The van der Waals surface area contributed by atoms with Crippen LogP contribution >= 0.6 is 0 Å². The first-order valence-corrected chi connectivity index (χ1v) is 7.49. The highest BCUT2D eigenvalue weighted by molar-refractivity contribution is 5.49. The molecule has 1 fully saturated rings. The Morgan fingerprint density at radius 3 is 2.47 bits per heavy atom. The summed E-state index contributed by atoms with van der Waals surface area (Å²) in [7, 11) is 0. The zero-order valence-electron chi connectivity index (χ0n) is 12.4. The summed E-state index contributed by atoms with van der Waals surface area (Å²) in [6.07, 6.45) is 5.24. The molecule has 0 radical (unpaired) electrons. The number of rotatable bonds is 4. The molecule has 4 nitrogen and oxygen atoms in total. The van der Waals surface area contributed by atoms with Crippen LogP contribution in [0.3, 0.4) is 0 Å². The number of aromatic nitrogens is 2. The van der Waals surface area contributed by atoms with Gasteiger partial charge in [-0.1, -0.05) is 26.7 Å². The number of nitrogens with zero attached hydrogens (tertiary/aromatic N) is 3. The van der Waals surface area contributed by atoms with Crippen LogP contribution in [-0.4, -0.2) is 29.6 Å². The van der Waals surface area contributed by atoms with Gasteiger partial charge >= 0.3 is 0 Å². The van der Waals surface area contributed by atoms with Gasteiger partial charge in [-0.2, -0.15) is 0 Å². The molecule has 0 aromatic carbocycles. The van der Waals surface area contributed by atoms with E-state index in [9.17, 15) is 0 Å². The number of hydrogen-bond donors (Lipinski definition) is 1. The van der Waals surface area contributed by atoms with Gasteiger partial charge in [0, 0.05) is 25.7 Å². The average Bonchev–Trinajstić information content (AvgIpc) is 2.64. The highest BCUT2D eigenvalue weighted by Gasteiger charge is 2.12. The minimum atomic E-state index is 0.622. The molecule has 0 unspecified atom stereocenters. The largest absolute Gasteiger partial charge is 0.370 e. The molecule has 19 heavy (non-hydrogen) atoms. The quantitative estimate of drug-likeness (QED) is 0.904. The standard InChI is InChI=1S/C15H26N4/c1-12(2)11-16-14-10-15(18-13(3)17-14)19-8-6-4-5-7-9-19/h10,12H,4-9,11H2,1-3H3,(H,16,17,18). The van der Waals surface area contributed by atoms with Crippen molar-refractivity contribution < 1.29 is 0 Å². The van der Waals surface area contributed by atoms with Gasteiger partial charge in [0.2, 0.25) is 0 Å². The van der Waals surface area contributed by atoms with Gasteiger partial charge < -0.3 is 10.2 Å². The van der Waals surface area contributed by atoms with E-state index < -0.39 is 0 Å². The summed E-state index contributed by atoms with van der Waals surface area (Å²) < 4.78 is 0. The normalized spacial score (nSPS) is 16.5. The molecule has 106 valence electrons. The molecular weight excluding hydrogens is 236 g/mol. The van der Waals surface area contributed by atoms with Crippen LogP contribution in [0, 0.1) is 12.8 Å². The summed E-state index contributed by atoms with van der Waals surface area (Å²) in [5.41, 5.74) is 0. The van der Waals surface area contributed by atoms with Crippen LogP contribution in [0.5, 0.6) is 0 Å². The third-order valence-corrected chi connectivity index (χ3v) is 3.45. The third-order valence-electron chi connectivity index (χ3n) is 3.45. The molecule has 1 aromatic heterocycles. The number of aryl methyl sites for hydroxylation is 1. The molecule has 1 aliphatic rings. The minimum Gasteiger partial charge on any atom is -0.370 e. The molecule has 0 saturated carbocycles. The summed E-state index contributed by atoms with van der Waals surface area (Å²) in [5.74, 6) is 3.52. The van der Waals surface area contributed by atoms with E-state index in [1.807, 2.05) is 6.92 Å². The van der Waals surface area contributed by atoms with E-state index >= 15 is 0 Å². The zero-order valence-corrected chi connectivity index (χ0v) is 12.4. The van der Waals surface area contributed by atoms with Gasteiger partial charge in [-0.3, -0.25) is 0 Å². The molecule has 1 saturated heterocycles. The molecule has 0 amide bonds. The summed E-state index contributed by atoms with van der Waals surface area (Å²) in [4.78, 5) is 11.5. The molecule has 0 atom stereocenters. The van der Waals surface area contributed by atoms with Crippen molar-refractivity contribution in [1.82, 2.24) is 9.97 Å². The fourth-order valence-electron chi connectivity index (χ4n) is 2.41. The molecule has 0 bridgehead atoms. The van der Waals surface area contributed by atoms with Crippen molar-refractivity contribution in [3.63, 3.8) is 0 Å². The molecule has 1 N–H and O–H groups in total. The Labute approximate surface area is 116 Å². The summed E-state index contributed by atoms with van der Waals surface area (Å²) in [5, 5.41) is 3.40. The van der Waals surface area contributed by atoms with Crippen LogP contribution in [0.15, 0.2) is 6.07 Å². The average molecular weight is 262 g/mol. The van der Waals surface area contributed by atoms with Crippen LogP contribution in [-0.2, 0) is 0 Å². The molecule has 4 heteroatoms. The Bertz CT molecular complexity index is 395. The van der Waals surface area contributed by atoms with Crippen LogP contribution in [0.2, 0.25) is 0 Å². The molecule has 2 rings (SSSR count). The Balaban J connectivity index is 2.10. The van der Waals surface area contributed by atoms with E-state index in [-0.39, 0.29) is 0 Å². The van der Waals surface area contributed by atoms with Crippen molar-refractivity contribution in [2.75, 3.05) is 29.9 Å². The number of nitrogens with one attached hydrogen (secondary N) is 1. The van der Waals surface area contributed by atoms with Crippen LogP contribution in [0.4, 0.5) is 11.6 Å². The second-order valence-electron chi connectivity index (χ2n) is 5.83. The maximum atomic E-state index is 4.60. The van der Waals surface area contributed by atoms with Crippen molar-refractivity contribution in [3.05, 3.63) is 11.9 Å². The van der Waals surface area contributed by atoms with E-state index in [0.717, 1.165) is 37.1 Å². The number of hydrogen-bond acceptors (Lipinski definition) is 4. The van der Waals surface area contributed by atoms with E-state index in [1.165, 1.54) is 25.7 Å². The molecule has 1 aromatic rings. The van der Waals surface area contributed by atoms with Gasteiger partial charge in [-0.05, 0) is 25.7 Å². The summed E-state index contributed by atoms with van der Waals surface area (Å²) in [6.45, 7) is 9.59. The van der Waals surface area contributed by atoms with Crippen molar-refractivity contribution in [2.24, 2.45) is 5.92 Å². The Kier molecular flexibility index (Phi) is 5.00. The van der Waals surface area contributed by atoms with Gasteiger partial charge in [-0.15, -0.1) is 0 Å². The maximum Gasteiger partial charge on any atom is 0.134 e. The molecule has 0 aliphatic carbocycles. The lowest BCUT2D eigenvalue weighted by molar-refractivity contribution is 0.686. The van der Waals surface area contributed by atoms with Gasteiger partial charge in [0.25, 0.3) is 0 Å². The van der Waals surface area contributed by atoms with Crippen LogP contribution in [0.1, 0.15) is 45.4 Å². The second kappa shape index (κ2) is 6.73. The first-order valence-electron chi connectivity index (χ1n) is 7.49. The lowest BCUT2D eigenvalue weighted by Gasteiger charge is -2.22. The smallest absolute Gasteiger partial charge is 0.134 e. The van der Waals surface area contributed by atoms with Gasteiger partial charge in [0.15, 0.2) is 0 Å². The maximum absolute atomic E-state index is 4.60. The van der Waals surface area contributed by atoms with Crippen LogP contribution < -0.4 is 10.2 Å². The minimum absolute atomic E-state index is 0.622. The topological polar surface area (TPSA) is 41.1 Å². The van der Waals surface area contributed by atoms with Gasteiger partial charge in [0.05, 0.1) is 0 Å². The molecule has 2 heterocycles. The summed E-state index contributed by atoms with van der Waals surface area (Å²) in [6, 6.07) is 2.10. The summed E-state index contributed by atoms with van der Waals surface area (Å²) >= 11 is 0. The van der Waals surface area contributed by atoms with E-state index in [4.69, 9.17) is 0 Å². The monoisotopic (exact) mass is 262 g/mol. The first kappa shape index (κ1) is 14.1. The molecule has 0 spiro atoms. The lowest BCUT2D eigenvalue weighted by Crippen LogP contribution is -2.25. The van der Waals surface area contributed by atoms with Gasteiger partial charge in [-0.25, -0.2) is 9.97 Å². The predicted molar refractivity (Wildman–Crippen MR) is 80.8 cm³/mol. The van der Waals surface area contributed by atoms with E-state index in [2.05, 4.69) is 40.1 Å². The van der Waals surface area contributed by atoms with Crippen molar-refractivity contribution in [3.8, 4) is 0 Å². The van der Waals surface area contributed by atoms with Crippen molar-refractivity contribution in [2.45, 2.75) is 46.5 Å². The number of anilines is 2. The van der Waals surface area contributed by atoms with Crippen LogP contribution in [0.25, 0.3) is 0 Å². The van der Waals surface area contributed by atoms with Gasteiger partial charge in [0.1, 0.15) is 17.5 Å². The lowest BCUT2D eigenvalue weighted by atomic mass is 10.2. The Morgan fingerprint density at radius 2 is 1.84 bits per heavy atom. The fourth-order valence-corrected chi connectivity index (χ4v) is 2.41. The van der Waals surface area contributed by atoms with Crippen molar-refractivity contribution >= 4 is 11.6 Å². The highest BCUT2D eigenvalue weighted by atomic mass is 15.2. The van der Waals surface area contributed by atoms with E-state index in [1.54, 1.807) is 0 Å². The van der Waals surface area contributed by atoms with Crippen molar-refractivity contribution in [1.29, 1.82) is 0 Å².